The molecule has 2 amide bonds. The average molecular weight is 384 g/mol. The topological polar surface area (TPSA) is 66.9 Å². The van der Waals surface area contributed by atoms with Crippen LogP contribution in [0, 0.1) is 6.92 Å². The molecule has 7 nitrogen and oxygen atoms in total. The predicted molar refractivity (Wildman–Crippen MR) is 111 cm³/mol. The first-order valence-electron chi connectivity index (χ1n) is 9.55. The number of methoxy groups -OCH3 is 2. The average Bonchev–Trinajstić information content (AvgIpc) is 2.74. The maximum atomic E-state index is 12.7. The number of rotatable bonds is 5. The first-order valence-corrected chi connectivity index (χ1v) is 9.55. The molecule has 3 rings (SSSR count). The number of nitrogens with one attached hydrogen (secondary N) is 1. The van der Waals surface area contributed by atoms with Gasteiger partial charge in [0.05, 0.1) is 14.2 Å². The number of hydrogen-bond acceptors (Lipinski definition) is 5. The second-order valence-electron chi connectivity index (χ2n) is 6.75. The Morgan fingerprint density at radius 2 is 1.79 bits per heavy atom. The van der Waals surface area contributed by atoms with Crippen LogP contribution in [0.2, 0.25) is 0 Å². The summed E-state index contributed by atoms with van der Waals surface area (Å²) in [6, 6.07) is 9.83. The van der Waals surface area contributed by atoms with E-state index in [0.717, 1.165) is 42.2 Å². The van der Waals surface area contributed by atoms with Crippen molar-refractivity contribution in [3.63, 3.8) is 0 Å². The fraction of sp³-hybridized carbons (Fsp3) is 0.429. The molecule has 0 unspecified atom stereocenters. The van der Waals surface area contributed by atoms with E-state index < -0.39 is 0 Å². The van der Waals surface area contributed by atoms with Crippen LogP contribution >= 0.6 is 0 Å². The van der Waals surface area contributed by atoms with Crippen LogP contribution in [-0.4, -0.2) is 56.3 Å². The van der Waals surface area contributed by atoms with Gasteiger partial charge in [-0.25, -0.2) is 9.78 Å². The number of pyridine rings is 1. The fourth-order valence-corrected chi connectivity index (χ4v) is 3.38. The number of anilines is 2. The molecule has 0 aliphatic carbocycles. The molecule has 1 N–H and O–H groups in total. The molecule has 0 radical (unpaired) electrons. The van der Waals surface area contributed by atoms with Gasteiger partial charge < -0.3 is 24.6 Å². The molecule has 1 aliphatic heterocycles. The molecule has 1 fully saturated rings. The van der Waals surface area contributed by atoms with E-state index in [2.05, 4.69) is 22.1 Å². The Hall–Kier alpha value is -2.96. The van der Waals surface area contributed by atoms with Crippen molar-refractivity contribution in [2.24, 2.45) is 0 Å². The molecule has 28 heavy (non-hydrogen) atoms. The third kappa shape index (κ3) is 4.30. The Labute approximate surface area is 166 Å². The summed E-state index contributed by atoms with van der Waals surface area (Å²) < 4.78 is 10.6. The lowest BCUT2D eigenvalue weighted by Crippen LogP contribution is -2.50. The molecule has 7 heteroatoms. The number of aromatic nitrogens is 1. The van der Waals surface area contributed by atoms with Gasteiger partial charge in [0.1, 0.15) is 11.4 Å². The summed E-state index contributed by atoms with van der Waals surface area (Å²) in [5.41, 5.74) is 3.77. The molecule has 0 saturated carbocycles. The van der Waals surface area contributed by atoms with Gasteiger partial charge in [-0.05, 0) is 49.2 Å². The number of piperazine rings is 1. The Morgan fingerprint density at radius 3 is 2.36 bits per heavy atom. The lowest BCUT2D eigenvalue weighted by molar-refractivity contribution is 0.208. The number of benzene rings is 1. The Bertz CT molecular complexity index is 815. The molecule has 150 valence electrons. The fourth-order valence-electron chi connectivity index (χ4n) is 3.38. The summed E-state index contributed by atoms with van der Waals surface area (Å²) in [4.78, 5) is 21.3. The zero-order valence-electron chi connectivity index (χ0n) is 17.0. The van der Waals surface area contributed by atoms with E-state index in [1.54, 1.807) is 14.2 Å². The van der Waals surface area contributed by atoms with Crippen molar-refractivity contribution in [1.29, 1.82) is 0 Å². The van der Waals surface area contributed by atoms with Crippen molar-refractivity contribution in [3.8, 4) is 11.6 Å². The first-order chi connectivity index (χ1) is 13.5. The van der Waals surface area contributed by atoms with Gasteiger partial charge in [0.15, 0.2) is 0 Å². The summed E-state index contributed by atoms with van der Waals surface area (Å²) in [5, 5.41) is 2.97. The van der Waals surface area contributed by atoms with Crippen molar-refractivity contribution in [3.05, 3.63) is 41.6 Å². The molecular weight excluding hydrogens is 356 g/mol. The van der Waals surface area contributed by atoms with Crippen LogP contribution in [0.3, 0.4) is 0 Å². The third-order valence-electron chi connectivity index (χ3n) is 5.10. The highest BCUT2D eigenvalue weighted by molar-refractivity contribution is 5.91. The van der Waals surface area contributed by atoms with Crippen molar-refractivity contribution in [2.75, 3.05) is 50.6 Å². The molecule has 0 spiro atoms. The van der Waals surface area contributed by atoms with Gasteiger partial charge in [-0.2, -0.15) is 0 Å². The van der Waals surface area contributed by atoms with Crippen LogP contribution in [-0.2, 0) is 6.42 Å². The Morgan fingerprint density at radius 1 is 1.11 bits per heavy atom. The Balaban J connectivity index is 1.62. The zero-order valence-corrected chi connectivity index (χ0v) is 17.0. The summed E-state index contributed by atoms with van der Waals surface area (Å²) in [7, 11) is 3.23. The lowest BCUT2D eigenvalue weighted by atomic mass is 10.1. The summed E-state index contributed by atoms with van der Waals surface area (Å²) in [5.74, 6) is 1.29. The molecule has 1 saturated heterocycles. The number of nitrogens with zero attached hydrogens (tertiary/aromatic N) is 3. The van der Waals surface area contributed by atoms with E-state index in [1.165, 1.54) is 0 Å². The summed E-state index contributed by atoms with van der Waals surface area (Å²) in [6.45, 7) is 6.89. The van der Waals surface area contributed by atoms with Crippen LogP contribution in [0.15, 0.2) is 30.3 Å². The van der Waals surface area contributed by atoms with Gasteiger partial charge in [-0.3, -0.25) is 0 Å². The summed E-state index contributed by atoms with van der Waals surface area (Å²) >= 11 is 0. The number of aryl methyl sites for hydroxylation is 2. The molecule has 1 aromatic carbocycles. The van der Waals surface area contributed by atoms with E-state index in [-0.39, 0.29) is 6.03 Å². The van der Waals surface area contributed by atoms with Gasteiger partial charge in [0.2, 0.25) is 5.88 Å². The van der Waals surface area contributed by atoms with Crippen LogP contribution in [0.1, 0.15) is 18.2 Å². The highest BCUT2D eigenvalue weighted by Crippen LogP contribution is 2.26. The van der Waals surface area contributed by atoms with E-state index in [4.69, 9.17) is 9.47 Å². The van der Waals surface area contributed by atoms with Crippen molar-refractivity contribution in [1.82, 2.24) is 9.88 Å². The van der Waals surface area contributed by atoms with Gasteiger partial charge in [-0.15, -0.1) is 0 Å². The number of amides is 2. The maximum Gasteiger partial charge on any atom is 0.322 e. The number of hydrogen-bond donors (Lipinski definition) is 1. The number of carbonyl (C=O) groups excluding carboxylic acids is 1. The standard InChI is InChI=1S/C21H28N4O3/c1-5-16-14-19(20(28-4)22-15(16)2)23-21(26)25-12-10-24(11-13-25)17-6-8-18(27-3)9-7-17/h6-9,14H,5,10-13H2,1-4H3,(H,23,26). The lowest BCUT2D eigenvalue weighted by Gasteiger charge is -2.36. The van der Waals surface area contributed by atoms with Gasteiger partial charge in [0.25, 0.3) is 0 Å². The quantitative estimate of drug-likeness (QED) is 0.857. The minimum Gasteiger partial charge on any atom is -0.497 e. The minimum atomic E-state index is -0.125. The van der Waals surface area contributed by atoms with Crippen LogP contribution in [0.5, 0.6) is 11.6 Å². The van der Waals surface area contributed by atoms with Crippen molar-refractivity contribution in [2.45, 2.75) is 20.3 Å². The van der Waals surface area contributed by atoms with Crippen LogP contribution in [0.4, 0.5) is 16.2 Å². The number of ether oxygens (including phenoxy) is 2. The van der Waals surface area contributed by atoms with E-state index >= 15 is 0 Å². The highest BCUT2D eigenvalue weighted by atomic mass is 16.5. The molecule has 2 aromatic rings. The SMILES string of the molecule is CCc1cc(NC(=O)N2CCN(c3ccc(OC)cc3)CC2)c(OC)nc1C. The predicted octanol–water partition coefficient (Wildman–Crippen LogP) is 3.32. The Kier molecular flexibility index (Phi) is 6.23. The van der Waals surface area contributed by atoms with Crippen molar-refractivity contribution >= 4 is 17.4 Å². The van der Waals surface area contributed by atoms with E-state index in [0.29, 0.717) is 24.7 Å². The summed E-state index contributed by atoms with van der Waals surface area (Å²) in [6.07, 6.45) is 0.853. The first kappa shape index (κ1) is 19.8. The second kappa shape index (κ2) is 8.82. The number of carbonyl (C=O) groups is 1. The molecule has 0 bridgehead atoms. The third-order valence-corrected chi connectivity index (χ3v) is 5.10. The zero-order chi connectivity index (χ0) is 20.1. The minimum absolute atomic E-state index is 0.125. The van der Waals surface area contributed by atoms with Crippen molar-refractivity contribution < 1.29 is 14.3 Å². The molecular formula is C21H28N4O3. The second-order valence-corrected chi connectivity index (χ2v) is 6.75. The largest absolute Gasteiger partial charge is 0.497 e. The van der Waals surface area contributed by atoms with Crippen LogP contribution in [0.25, 0.3) is 0 Å². The van der Waals surface area contributed by atoms with Gasteiger partial charge in [-0.1, -0.05) is 6.92 Å². The monoisotopic (exact) mass is 384 g/mol. The van der Waals surface area contributed by atoms with Gasteiger partial charge in [0, 0.05) is 37.6 Å². The smallest absolute Gasteiger partial charge is 0.322 e. The molecule has 1 aliphatic rings. The maximum absolute atomic E-state index is 12.7. The number of urea groups is 1. The van der Waals surface area contributed by atoms with E-state index in [9.17, 15) is 4.79 Å². The molecule has 0 atom stereocenters. The molecule has 1 aromatic heterocycles. The molecule has 2 heterocycles. The van der Waals surface area contributed by atoms with E-state index in [1.807, 2.05) is 42.2 Å². The normalized spacial score (nSPS) is 14.0. The van der Waals surface area contributed by atoms with Gasteiger partial charge >= 0.3 is 6.03 Å². The highest BCUT2D eigenvalue weighted by Gasteiger charge is 2.22. The van der Waals surface area contributed by atoms with Crippen LogP contribution < -0.4 is 19.7 Å².